The molecule has 0 fully saturated rings. The summed E-state index contributed by atoms with van der Waals surface area (Å²) in [5.74, 6) is -2.66. The zero-order valence-electron chi connectivity index (χ0n) is 18.7. The summed E-state index contributed by atoms with van der Waals surface area (Å²) in [5, 5.41) is 15.7. The number of nitro benzene ring substituents is 1. The number of methoxy groups -OCH3 is 2. The van der Waals surface area contributed by atoms with Crippen molar-refractivity contribution in [2.24, 2.45) is 0 Å². The number of esters is 2. The highest BCUT2D eigenvalue weighted by Crippen LogP contribution is 2.27. The number of carbonyl (C=O) groups is 3. The lowest BCUT2D eigenvalue weighted by Crippen LogP contribution is -2.46. The van der Waals surface area contributed by atoms with Crippen molar-refractivity contribution in [2.45, 2.75) is 24.8 Å². The first kappa shape index (κ1) is 24.4. The van der Waals surface area contributed by atoms with E-state index in [4.69, 9.17) is 9.47 Å². The minimum Gasteiger partial charge on any atom is -0.469 e. The number of rotatable bonds is 9. The Kier molecular flexibility index (Phi) is 7.92. The van der Waals surface area contributed by atoms with Crippen LogP contribution in [-0.4, -0.2) is 43.0 Å². The summed E-state index contributed by atoms with van der Waals surface area (Å²) in [5.41, 5.74) is 1.05. The molecule has 0 unspecified atom stereocenters. The molecule has 176 valence electrons. The number of benzene rings is 3. The monoisotopic (exact) mass is 464 g/mol. The third kappa shape index (κ3) is 5.94. The van der Waals surface area contributed by atoms with Gasteiger partial charge in [-0.15, -0.1) is 0 Å². The van der Waals surface area contributed by atoms with Crippen LogP contribution in [0, 0.1) is 10.1 Å². The highest BCUT2D eigenvalue weighted by molar-refractivity contribution is 5.89. The number of ether oxygens (including phenoxy) is 2. The van der Waals surface area contributed by atoms with Gasteiger partial charge >= 0.3 is 11.9 Å². The minimum absolute atomic E-state index is 0.00351. The Morgan fingerprint density at radius 3 is 2.24 bits per heavy atom. The summed E-state index contributed by atoms with van der Waals surface area (Å²) in [4.78, 5) is 48.1. The van der Waals surface area contributed by atoms with E-state index in [1.165, 1.54) is 38.5 Å². The number of carbonyl (C=O) groups excluding carboxylic acids is 3. The smallest absolute Gasteiger partial charge is 0.329 e. The zero-order chi connectivity index (χ0) is 24.7. The van der Waals surface area contributed by atoms with Gasteiger partial charge in [-0.3, -0.25) is 19.7 Å². The molecule has 0 radical (unpaired) electrons. The molecule has 0 aromatic heterocycles. The van der Waals surface area contributed by atoms with Crippen molar-refractivity contribution in [1.29, 1.82) is 0 Å². The van der Waals surface area contributed by atoms with Crippen LogP contribution in [-0.2, 0) is 30.3 Å². The number of nitrogens with one attached hydrogen (secondary N) is 1. The van der Waals surface area contributed by atoms with Gasteiger partial charge in [0.15, 0.2) is 0 Å². The molecule has 3 rings (SSSR count). The highest BCUT2D eigenvalue weighted by Gasteiger charge is 2.34. The molecule has 34 heavy (non-hydrogen) atoms. The number of amides is 1. The number of fused-ring (bicyclic) bond motifs is 1. The summed E-state index contributed by atoms with van der Waals surface area (Å²) in [6.45, 7) is 0. The predicted molar refractivity (Wildman–Crippen MR) is 124 cm³/mol. The van der Waals surface area contributed by atoms with E-state index >= 15 is 0 Å². The molecular weight excluding hydrogens is 440 g/mol. The summed E-state index contributed by atoms with van der Waals surface area (Å²) in [6.07, 6.45) is -0.242. The molecule has 1 N–H and O–H groups in total. The first-order valence-electron chi connectivity index (χ1n) is 10.5. The second-order valence-corrected chi connectivity index (χ2v) is 7.66. The van der Waals surface area contributed by atoms with Crippen LogP contribution in [0.15, 0.2) is 66.7 Å². The van der Waals surface area contributed by atoms with Crippen molar-refractivity contribution in [3.8, 4) is 0 Å². The van der Waals surface area contributed by atoms with Crippen LogP contribution >= 0.6 is 0 Å². The van der Waals surface area contributed by atoms with Crippen LogP contribution < -0.4 is 5.32 Å². The van der Waals surface area contributed by atoms with Gasteiger partial charge in [-0.05, 0) is 21.9 Å². The summed E-state index contributed by atoms with van der Waals surface area (Å²) < 4.78 is 9.64. The van der Waals surface area contributed by atoms with Gasteiger partial charge in [0, 0.05) is 18.1 Å². The fourth-order valence-electron chi connectivity index (χ4n) is 3.74. The summed E-state index contributed by atoms with van der Waals surface area (Å²) in [7, 11) is 2.39. The van der Waals surface area contributed by atoms with Gasteiger partial charge in [-0.25, -0.2) is 4.79 Å². The number of hydrogen-bond donors (Lipinski definition) is 1. The Morgan fingerprint density at radius 2 is 1.62 bits per heavy atom. The maximum absolute atomic E-state index is 12.9. The average Bonchev–Trinajstić information content (AvgIpc) is 2.85. The number of nitrogens with zero attached hydrogens (tertiary/aromatic N) is 1. The van der Waals surface area contributed by atoms with E-state index in [1.54, 1.807) is 0 Å². The van der Waals surface area contributed by atoms with Crippen LogP contribution in [0.4, 0.5) is 5.69 Å². The summed E-state index contributed by atoms with van der Waals surface area (Å²) >= 11 is 0. The Hall–Kier alpha value is -4.27. The van der Waals surface area contributed by atoms with Gasteiger partial charge in [-0.2, -0.15) is 0 Å². The zero-order valence-corrected chi connectivity index (χ0v) is 18.7. The molecule has 9 nitrogen and oxygen atoms in total. The molecule has 1 amide bonds. The molecule has 9 heteroatoms. The fourth-order valence-corrected chi connectivity index (χ4v) is 3.74. The van der Waals surface area contributed by atoms with Crippen molar-refractivity contribution in [1.82, 2.24) is 5.32 Å². The lowest BCUT2D eigenvalue weighted by atomic mass is 9.88. The molecule has 0 saturated carbocycles. The molecule has 0 aliphatic carbocycles. The Morgan fingerprint density at radius 1 is 0.941 bits per heavy atom. The third-order valence-corrected chi connectivity index (χ3v) is 5.50. The van der Waals surface area contributed by atoms with Gasteiger partial charge in [-0.1, -0.05) is 54.6 Å². The van der Waals surface area contributed by atoms with Gasteiger partial charge in [0.2, 0.25) is 5.91 Å². The first-order chi connectivity index (χ1) is 16.3. The normalized spacial score (nSPS) is 12.4. The molecular formula is C25H24N2O7. The van der Waals surface area contributed by atoms with Gasteiger partial charge in [0.25, 0.3) is 5.69 Å². The lowest BCUT2D eigenvalue weighted by Gasteiger charge is -2.26. The second kappa shape index (κ2) is 11.0. The number of non-ortho nitro benzene ring substituents is 1. The molecule has 3 aromatic rings. The SMILES string of the molecule is COC(=O)C[C@H](c1ccc([N+](=O)[O-])cc1)[C@@H](NC(=O)Cc1ccc2ccccc2c1)C(=O)OC. The quantitative estimate of drug-likeness (QED) is 0.293. The number of hydrogen-bond acceptors (Lipinski definition) is 7. The Bertz CT molecular complexity index is 1210. The van der Waals surface area contributed by atoms with Crippen LogP contribution in [0.3, 0.4) is 0 Å². The average molecular weight is 464 g/mol. The van der Waals surface area contributed by atoms with E-state index in [1.807, 2.05) is 42.5 Å². The fraction of sp³-hybridized carbons (Fsp3) is 0.240. The molecule has 0 saturated heterocycles. The van der Waals surface area contributed by atoms with E-state index in [-0.39, 0.29) is 18.5 Å². The van der Waals surface area contributed by atoms with Crippen molar-refractivity contribution < 1.29 is 28.8 Å². The summed E-state index contributed by atoms with van der Waals surface area (Å²) in [6, 6.07) is 17.6. The Labute approximate surface area is 195 Å². The van der Waals surface area contributed by atoms with E-state index in [2.05, 4.69) is 5.32 Å². The largest absolute Gasteiger partial charge is 0.469 e. The Balaban J connectivity index is 1.87. The van der Waals surface area contributed by atoms with Gasteiger partial charge in [0.05, 0.1) is 32.0 Å². The minimum atomic E-state index is -1.21. The van der Waals surface area contributed by atoms with E-state index in [0.29, 0.717) is 5.56 Å². The molecule has 0 bridgehead atoms. The second-order valence-electron chi connectivity index (χ2n) is 7.66. The van der Waals surface area contributed by atoms with E-state index < -0.39 is 34.7 Å². The topological polar surface area (TPSA) is 125 Å². The standard InChI is InChI=1S/C25H24N2O7/c1-33-23(29)15-21(18-9-11-20(12-10-18)27(31)32)24(25(30)34-2)26-22(28)14-16-7-8-17-5-3-4-6-19(17)13-16/h3-13,21,24H,14-15H2,1-2H3,(H,26,28)/t21-,24-/m1/s1. The molecule has 0 heterocycles. The predicted octanol–water partition coefficient (Wildman–Crippen LogP) is 3.30. The molecule has 0 aliphatic heterocycles. The van der Waals surface area contributed by atoms with Gasteiger partial charge < -0.3 is 14.8 Å². The third-order valence-electron chi connectivity index (χ3n) is 5.50. The highest BCUT2D eigenvalue weighted by atomic mass is 16.6. The van der Waals surface area contributed by atoms with Crippen molar-refractivity contribution >= 4 is 34.3 Å². The van der Waals surface area contributed by atoms with Crippen molar-refractivity contribution in [3.05, 3.63) is 88.0 Å². The molecule has 3 aromatic carbocycles. The lowest BCUT2D eigenvalue weighted by molar-refractivity contribution is -0.384. The number of nitro groups is 1. The maximum Gasteiger partial charge on any atom is 0.329 e. The van der Waals surface area contributed by atoms with Crippen LogP contribution in [0.25, 0.3) is 10.8 Å². The van der Waals surface area contributed by atoms with Crippen molar-refractivity contribution in [3.63, 3.8) is 0 Å². The van der Waals surface area contributed by atoms with Crippen LogP contribution in [0.2, 0.25) is 0 Å². The molecule has 0 spiro atoms. The molecule has 0 aliphatic rings. The van der Waals surface area contributed by atoms with Crippen molar-refractivity contribution in [2.75, 3.05) is 14.2 Å². The van der Waals surface area contributed by atoms with E-state index in [9.17, 15) is 24.5 Å². The first-order valence-corrected chi connectivity index (χ1v) is 10.5. The van der Waals surface area contributed by atoms with Gasteiger partial charge in [0.1, 0.15) is 6.04 Å². The van der Waals surface area contributed by atoms with Crippen LogP contribution in [0.1, 0.15) is 23.5 Å². The molecule has 2 atom stereocenters. The van der Waals surface area contributed by atoms with Crippen LogP contribution in [0.5, 0.6) is 0 Å². The van der Waals surface area contributed by atoms with E-state index in [0.717, 1.165) is 16.3 Å². The maximum atomic E-state index is 12.9.